The van der Waals surface area contributed by atoms with Gasteiger partial charge < -0.3 is 9.97 Å². The van der Waals surface area contributed by atoms with Crippen molar-refractivity contribution in [1.82, 2.24) is 15.0 Å². The van der Waals surface area contributed by atoms with E-state index in [1.54, 1.807) is 6.33 Å². The van der Waals surface area contributed by atoms with Gasteiger partial charge in [0.05, 0.1) is 17.4 Å². The minimum atomic E-state index is 0.988. The molecule has 0 saturated carbocycles. The Balaban J connectivity index is 1.46. The summed E-state index contributed by atoms with van der Waals surface area (Å²) in [5, 5.41) is 2.53. The number of rotatable bonds is 2. The van der Waals surface area contributed by atoms with Crippen LogP contribution in [0.4, 0.5) is 0 Å². The monoisotopic (exact) mass is 365 g/mol. The number of nitrogens with zero attached hydrogens (tertiary/aromatic N) is 1. The Kier molecular flexibility index (Phi) is 3.04. The van der Waals surface area contributed by atoms with Crippen molar-refractivity contribution in [3.63, 3.8) is 0 Å². The molecule has 0 aliphatic heterocycles. The predicted octanol–water partition coefficient (Wildman–Crippen LogP) is 6.59. The molecule has 4 heteroatoms. The highest BCUT2D eigenvalue weighted by Gasteiger charge is 2.08. The molecule has 0 aliphatic rings. The first-order valence-electron chi connectivity index (χ1n) is 8.89. The predicted molar refractivity (Wildman–Crippen MR) is 114 cm³/mol. The number of nitrogens with one attached hydrogen (secondary N) is 2. The van der Waals surface area contributed by atoms with Crippen molar-refractivity contribution in [2.24, 2.45) is 0 Å². The van der Waals surface area contributed by atoms with E-state index in [4.69, 9.17) is 0 Å². The van der Waals surface area contributed by atoms with Gasteiger partial charge in [0, 0.05) is 31.7 Å². The molecule has 3 heterocycles. The van der Waals surface area contributed by atoms with Gasteiger partial charge in [-0.25, -0.2) is 4.98 Å². The summed E-state index contributed by atoms with van der Waals surface area (Å²) >= 11 is 1.84. The van der Waals surface area contributed by atoms with Gasteiger partial charge in [-0.1, -0.05) is 36.4 Å². The van der Waals surface area contributed by atoms with Gasteiger partial charge in [0.1, 0.15) is 0 Å². The Morgan fingerprint density at radius 2 is 1.63 bits per heavy atom. The second-order valence-electron chi connectivity index (χ2n) is 6.77. The molecule has 3 nitrogen and oxygen atoms in total. The Hall–Kier alpha value is -3.37. The van der Waals surface area contributed by atoms with Gasteiger partial charge in [-0.2, -0.15) is 0 Å². The second-order valence-corrected chi connectivity index (χ2v) is 7.85. The molecule has 0 saturated heterocycles. The van der Waals surface area contributed by atoms with Crippen molar-refractivity contribution in [3.8, 4) is 21.7 Å². The molecule has 0 bridgehead atoms. The van der Waals surface area contributed by atoms with E-state index < -0.39 is 0 Å². The molecule has 2 N–H and O–H groups in total. The maximum absolute atomic E-state index is 4.29. The third-order valence-corrected chi connectivity index (χ3v) is 6.23. The number of aromatic amines is 2. The molecule has 128 valence electrons. The van der Waals surface area contributed by atoms with E-state index in [-0.39, 0.29) is 0 Å². The van der Waals surface area contributed by atoms with Crippen LogP contribution in [0.5, 0.6) is 0 Å². The lowest BCUT2D eigenvalue weighted by atomic mass is 10.1. The standard InChI is InChI=1S/C23H15N3S/c1-2-4-22-16(3-1)12-23(27-22)17-6-5-14-9-19(26-20(14)11-17)15-7-8-18-21(10-15)25-13-24-18/h1-13,26H,(H,24,25). The van der Waals surface area contributed by atoms with Gasteiger partial charge >= 0.3 is 0 Å². The fraction of sp³-hybridized carbons (Fsp3) is 0. The quantitative estimate of drug-likeness (QED) is 0.357. The van der Waals surface area contributed by atoms with Gasteiger partial charge in [0.25, 0.3) is 0 Å². The molecular weight excluding hydrogens is 350 g/mol. The van der Waals surface area contributed by atoms with E-state index in [1.807, 2.05) is 11.3 Å². The molecule has 0 aliphatic carbocycles. The summed E-state index contributed by atoms with van der Waals surface area (Å²) in [5.74, 6) is 0. The van der Waals surface area contributed by atoms with Gasteiger partial charge in [-0.3, -0.25) is 0 Å². The number of hydrogen-bond donors (Lipinski definition) is 2. The van der Waals surface area contributed by atoms with Crippen molar-refractivity contribution in [1.29, 1.82) is 0 Å². The van der Waals surface area contributed by atoms with E-state index in [2.05, 4.69) is 87.7 Å². The largest absolute Gasteiger partial charge is 0.355 e. The average molecular weight is 365 g/mol. The number of hydrogen-bond acceptors (Lipinski definition) is 2. The van der Waals surface area contributed by atoms with E-state index >= 15 is 0 Å². The summed E-state index contributed by atoms with van der Waals surface area (Å²) < 4.78 is 1.33. The smallest absolute Gasteiger partial charge is 0.0931 e. The van der Waals surface area contributed by atoms with Crippen molar-refractivity contribution in [2.45, 2.75) is 0 Å². The molecule has 6 aromatic rings. The summed E-state index contributed by atoms with van der Waals surface area (Å²) in [6.07, 6.45) is 1.73. The highest BCUT2D eigenvalue weighted by atomic mass is 32.1. The first-order chi connectivity index (χ1) is 13.3. The molecule has 0 atom stereocenters. The maximum atomic E-state index is 4.29. The molecule has 0 fully saturated rings. The SMILES string of the molecule is c1ccc2sc(-c3ccc4cc(-c5ccc6nc[nH]c6c5)[nH]c4c3)cc2c1. The molecule has 0 unspecified atom stereocenters. The lowest BCUT2D eigenvalue weighted by molar-refractivity contribution is 1.34. The number of H-pyrrole nitrogens is 2. The van der Waals surface area contributed by atoms with Crippen molar-refractivity contribution >= 4 is 43.4 Å². The zero-order valence-electron chi connectivity index (χ0n) is 14.4. The lowest BCUT2D eigenvalue weighted by Crippen LogP contribution is -1.78. The van der Waals surface area contributed by atoms with Crippen LogP contribution in [0, 0.1) is 0 Å². The minimum Gasteiger partial charge on any atom is -0.355 e. The normalized spacial score (nSPS) is 11.7. The third kappa shape index (κ3) is 2.38. The summed E-state index contributed by atoms with van der Waals surface area (Å²) in [6.45, 7) is 0. The fourth-order valence-electron chi connectivity index (χ4n) is 3.66. The Bertz CT molecular complexity index is 1400. The molecule has 27 heavy (non-hydrogen) atoms. The van der Waals surface area contributed by atoms with Crippen LogP contribution in [0.1, 0.15) is 0 Å². The van der Waals surface area contributed by atoms with Crippen molar-refractivity contribution < 1.29 is 0 Å². The van der Waals surface area contributed by atoms with Crippen molar-refractivity contribution in [2.75, 3.05) is 0 Å². The number of aromatic nitrogens is 3. The lowest BCUT2D eigenvalue weighted by Gasteiger charge is -1.98. The van der Waals surface area contributed by atoms with Crippen LogP contribution >= 0.6 is 11.3 Å². The van der Waals surface area contributed by atoms with E-state index in [1.165, 1.54) is 25.9 Å². The first kappa shape index (κ1) is 14.8. The summed E-state index contributed by atoms with van der Waals surface area (Å²) in [6, 6.07) is 26.0. The molecular formula is C23H15N3S. The van der Waals surface area contributed by atoms with Crippen molar-refractivity contribution in [3.05, 3.63) is 79.1 Å². The van der Waals surface area contributed by atoms with Crippen LogP contribution in [0.15, 0.2) is 79.1 Å². The molecule has 6 rings (SSSR count). The van der Waals surface area contributed by atoms with Crippen LogP contribution in [0.25, 0.3) is 53.7 Å². The zero-order chi connectivity index (χ0) is 17.8. The second kappa shape index (κ2) is 5.56. The molecule has 3 aromatic carbocycles. The fourth-order valence-corrected chi connectivity index (χ4v) is 4.72. The molecule has 0 radical (unpaired) electrons. The van der Waals surface area contributed by atoms with Gasteiger partial charge in [-0.05, 0) is 47.3 Å². The number of imidazole rings is 1. The topological polar surface area (TPSA) is 44.5 Å². The molecule has 0 amide bonds. The average Bonchev–Trinajstić information content (AvgIpc) is 3.42. The van der Waals surface area contributed by atoms with E-state index in [0.29, 0.717) is 0 Å². The van der Waals surface area contributed by atoms with Crippen LogP contribution in [-0.2, 0) is 0 Å². The highest BCUT2D eigenvalue weighted by Crippen LogP contribution is 2.35. The Labute approximate surface area is 159 Å². The number of benzene rings is 3. The Morgan fingerprint density at radius 3 is 2.59 bits per heavy atom. The summed E-state index contributed by atoms with van der Waals surface area (Å²) in [7, 11) is 0. The molecule has 0 spiro atoms. The number of fused-ring (bicyclic) bond motifs is 3. The Morgan fingerprint density at radius 1 is 0.741 bits per heavy atom. The van der Waals surface area contributed by atoms with Gasteiger partial charge in [0.2, 0.25) is 0 Å². The van der Waals surface area contributed by atoms with E-state index in [0.717, 1.165) is 27.8 Å². The maximum Gasteiger partial charge on any atom is 0.0931 e. The third-order valence-electron chi connectivity index (χ3n) is 5.06. The first-order valence-corrected chi connectivity index (χ1v) is 9.70. The van der Waals surface area contributed by atoms with Gasteiger partial charge in [-0.15, -0.1) is 11.3 Å². The van der Waals surface area contributed by atoms with Crippen LogP contribution < -0.4 is 0 Å². The molecule has 3 aromatic heterocycles. The van der Waals surface area contributed by atoms with Crippen LogP contribution in [0.3, 0.4) is 0 Å². The van der Waals surface area contributed by atoms with Crippen LogP contribution in [0.2, 0.25) is 0 Å². The van der Waals surface area contributed by atoms with Gasteiger partial charge in [0.15, 0.2) is 0 Å². The minimum absolute atomic E-state index is 0.988. The summed E-state index contributed by atoms with van der Waals surface area (Å²) in [4.78, 5) is 12.4. The number of thiophene rings is 1. The zero-order valence-corrected chi connectivity index (χ0v) is 15.2. The highest BCUT2D eigenvalue weighted by molar-refractivity contribution is 7.22. The summed E-state index contributed by atoms with van der Waals surface area (Å²) in [5.41, 5.74) is 6.73. The van der Waals surface area contributed by atoms with E-state index in [9.17, 15) is 0 Å². The van der Waals surface area contributed by atoms with Crippen LogP contribution in [-0.4, -0.2) is 15.0 Å².